The largest absolute Gasteiger partial charge is 0.508 e. The number of fused-ring (bicyclic) bond motifs is 1. The first-order valence-corrected chi connectivity index (χ1v) is 8.11. The van der Waals surface area contributed by atoms with Gasteiger partial charge in [-0.15, -0.1) is 0 Å². The molecule has 0 fully saturated rings. The second kappa shape index (κ2) is 5.98. The van der Waals surface area contributed by atoms with E-state index in [1.54, 1.807) is 20.0 Å². The number of carbonyl (C=O) groups is 1. The average Bonchev–Trinajstić information content (AvgIpc) is 2.97. The van der Waals surface area contributed by atoms with E-state index in [0.717, 1.165) is 6.07 Å². The number of halogens is 1. The van der Waals surface area contributed by atoms with Gasteiger partial charge < -0.3 is 16.6 Å². The Labute approximate surface area is 149 Å². The number of aromatic hydroxyl groups is 1. The van der Waals surface area contributed by atoms with Crippen LogP contribution in [0, 0.1) is 19.7 Å². The van der Waals surface area contributed by atoms with Crippen LogP contribution in [0.3, 0.4) is 0 Å². The van der Waals surface area contributed by atoms with Crippen LogP contribution in [0.1, 0.15) is 47.1 Å². The lowest BCUT2D eigenvalue weighted by Crippen LogP contribution is -2.17. The maximum Gasteiger partial charge on any atom is 0.254 e. The molecule has 0 radical (unpaired) electrons. The number of primary amides is 1. The molecule has 1 amide bonds. The Kier molecular flexibility index (Phi) is 4.06. The number of aromatic nitrogens is 3. The normalized spacial score (nSPS) is 11.5. The monoisotopic (exact) mass is 357 g/mol. The number of anilines is 1. The fourth-order valence-electron chi connectivity index (χ4n) is 3.00. The summed E-state index contributed by atoms with van der Waals surface area (Å²) in [6.07, 6.45) is 1.57. The van der Waals surface area contributed by atoms with Crippen molar-refractivity contribution >= 4 is 17.2 Å². The lowest BCUT2D eigenvalue weighted by Gasteiger charge is -2.16. The number of phenolic OH excluding ortho intramolecular Hbond substituents is 1. The summed E-state index contributed by atoms with van der Waals surface area (Å²) < 4.78 is 15.6. The van der Waals surface area contributed by atoms with Gasteiger partial charge in [0.2, 0.25) is 0 Å². The minimum atomic E-state index is -0.756. The Morgan fingerprint density at radius 2 is 1.96 bits per heavy atom. The molecule has 0 unspecified atom stereocenters. The number of hydrogen-bond donors (Lipinski definition) is 3. The molecule has 0 aliphatic rings. The average molecular weight is 357 g/mol. The van der Waals surface area contributed by atoms with E-state index in [-0.39, 0.29) is 28.6 Å². The van der Waals surface area contributed by atoms with Crippen molar-refractivity contribution in [3.8, 4) is 16.9 Å². The number of amides is 1. The third-order valence-electron chi connectivity index (χ3n) is 4.47. The fourth-order valence-corrected chi connectivity index (χ4v) is 3.00. The Morgan fingerprint density at radius 1 is 1.31 bits per heavy atom. The lowest BCUT2D eigenvalue weighted by molar-refractivity contribution is 0.100. The van der Waals surface area contributed by atoms with E-state index in [4.69, 9.17) is 11.5 Å². The zero-order valence-electron chi connectivity index (χ0n) is 15.0. The number of nitrogen functional groups attached to an aromatic ring is 1. The zero-order chi connectivity index (χ0) is 19.3. The third kappa shape index (κ3) is 2.54. The molecule has 7 nitrogen and oxygen atoms in total. The molecule has 2 aromatic heterocycles. The summed E-state index contributed by atoms with van der Waals surface area (Å²) >= 11 is 0. The smallest absolute Gasteiger partial charge is 0.254 e. The quantitative estimate of drug-likeness (QED) is 0.666. The molecule has 1 aromatic carbocycles. The summed E-state index contributed by atoms with van der Waals surface area (Å²) in [7, 11) is 0. The Balaban J connectivity index is 2.46. The summed E-state index contributed by atoms with van der Waals surface area (Å²) in [4.78, 5) is 16.4. The second-order valence-electron chi connectivity index (χ2n) is 6.59. The SMILES string of the molecule is Cc1c(O)cc(F)c(C)c1-c1cn2nc(C(C)C)nc2c(C(N)=O)c1N. The van der Waals surface area contributed by atoms with Crippen LogP contribution in [0.5, 0.6) is 5.75 Å². The molecular formula is C18H20FN5O2. The first kappa shape index (κ1) is 17.7. The van der Waals surface area contributed by atoms with Gasteiger partial charge >= 0.3 is 0 Å². The van der Waals surface area contributed by atoms with E-state index in [2.05, 4.69) is 10.1 Å². The molecule has 0 saturated heterocycles. The van der Waals surface area contributed by atoms with Gasteiger partial charge in [0.05, 0.1) is 5.69 Å². The van der Waals surface area contributed by atoms with Crippen LogP contribution in [0.15, 0.2) is 12.3 Å². The highest BCUT2D eigenvalue weighted by Crippen LogP contribution is 2.39. The van der Waals surface area contributed by atoms with Crippen molar-refractivity contribution in [3.05, 3.63) is 40.6 Å². The molecule has 136 valence electrons. The molecule has 5 N–H and O–H groups in total. The number of benzene rings is 1. The van der Waals surface area contributed by atoms with Crippen LogP contribution in [-0.2, 0) is 0 Å². The summed E-state index contributed by atoms with van der Waals surface area (Å²) in [5, 5.41) is 14.4. The predicted octanol–water partition coefficient (Wildman–Crippen LogP) is 2.66. The second-order valence-corrected chi connectivity index (χ2v) is 6.59. The molecule has 3 aromatic rings. The summed E-state index contributed by atoms with van der Waals surface area (Å²) in [5.74, 6) is -0.982. The van der Waals surface area contributed by atoms with Crippen LogP contribution in [-0.4, -0.2) is 25.6 Å². The minimum Gasteiger partial charge on any atom is -0.508 e. The van der Waals surface area contributed by atoms with E-state index in [1.165, 1.54) is 4.52 Å². The number of pyridine rings is 1. The number of phenols is 1. The lowest BCUT2D eigenvalue weighted by atomic mass is 9.93. The predicted molar refractivity (Wildman–Crippen MR) is 96.5 cm³/mol. The van der Waals surface area contributed by atoms with E-state index < -0.39 is 11.7 Å². The van der Waals surface area contributed by atoms with Crippen molar-refractivity contribution in [3.63, 3.8) is 0 Å². The molecule has 0 aliphatic heterocycles. The van der Waals surface area contributed by atoms with Gasteiger partial charge in [-0.05, 0) is 30.5 Å². The van der Waals surface area contributed by atoms with Gasteiger partial charge in [0.1, 0.15) is 17.1 Å². The standard InChI is InChI=1S/C18H20FN5O2/c1-7(2)17-22-18-14(16(21)26)15(20)10(6-24(18)23-17)13-8(3)11(19)5-12(25)9(13)4/h5-7,25H,20H2,1-4H3,(H2,21,26). The van der Waals surface area contributed by atoms with Gasteiger partial charge in [0, 0.05) is 23.7 Å². The van der Waals surface area contributed by atoms with Crippen LogP contribution in [0.4, 0.5) is 10.1 Å². The highest BCUT2D eigenvalue weighted by atomic mass is 19.1. The third-order valence-corrected chi connectivity index (χ3v) is 4.47. The maximum absolute atomic E-state index is 14.2. The fraction of sp³-hybridized carbons (Fsp3) is 0.278. The number of nitrogens with zero attached hydrogens (tertiary/aromatic N) is 3. The molecule has 0 atom stereocenters. The van der Waals surface area contributed by atoms with Crippen molar-refractivity contribution in [2.75, 3.05) is 5.73 Å². The molecule has 3 rings (SSSR count). The van der Waals surface area contributed by atoms with Gasteiger partial charge in [-0.2, -0.15) is 5.10 Å². The van der Waals surface area contributed by atoms with Crippen molar-refractivity contribution in [1.82, 2.24) is 14.6 Å². The van der Waals surface area contributed by atoms with Crippen LogP contribution >= 0.6 is 0 Å². The highest BCUT2D eigenvalue weighted by molar-refractivity contribution is 6.07. The summed E-state index contributed by atoms with van der Waals surface area (Å²) in [6.45, 7) is 7.06. The van der Waals surface area contributed by atoms with E-state index in [9.17, 15) is 14.3 Å². The molecule has 0 bridgehead atoms. The Hall–Kier alpha value is -3.16. The topological polar surface area (TPSA) is 120 Å². The van der Waals surface area contributed by atoms with Gasteiger partial charge in [-0.3, -0.25) is 4.79 Å². The molecule has 8 heteroatoms. The zero-order valence-corrected chi connectivity index (χ0v) is 15.0. The van der Waals surface area contributed by atoms with E-state index in [0.29, 0.717) is 28.1 Å². The van der Waals surface area contributed by atoms with Crippen molar-refractivity contribution in [1.29, 1.82) is 0 Å². The summed E-state index contributed by atoms with van der Waals surface area (Å²) in [5.41, 5.74) is 13.6. The van der Waals surface area contributed by atoms with Crippen molar-refractivity contribution in [2.24, 2.45) is 5.73 Å². The van der Waals surface area contributed by atoms with Gasteiger partial charge in [-0.25, -0.2) is 13.9 Å². The van der Waals surface area contributed by atoms with Gasteiger partial charge in [0.25, 0.3) is 5.91 Å². The first-order chi connectivity index (χ1) is 12.1. The number of hydrogen-bond acceptors (Lipinski definition) is 5. The Bertz CT molecular complexity index is 1030. The molecule has 0 saturated carbocycles. The van der Waals surface area contributed by atoms with Crippen LogP contribution in [0.2, 0.25) is 0 Å². The summed E-state index contributed by atoms with van der Waals surface area (Å²) in [6, 6.07) is 1.05. The number of rotatable bonds is 3. The van der Waals surface area contributed by atoms with E-state index >= 15 is 0 Å². The minimum absolute atomic E-state index is 0.0180. The molecule has 26 heavy (non-hydrogen) atoms. The van der Waals surface area contributed by atoms with Crippen molar-refractivity contribution < 1.29 is 14.3 Å². The van der Waals surface area contributed by atoms with Crippen LogP contribution < -0.4 is 11.5 Å². The van der Waals surface area contributed by atoms with Gasteiger partial charge in [-0.1, -0.05) is 13.8 Å². The molecular weight excluding hydrogens is 337 g/mol. The van der Waals surface area contributed by atoms with Crippen LogP contribution in [0.25, 0.3) is 16.8 Å². The van der Waals surface area contributed by atoms with Gasteiger partial charge in [0.15, 0.2) is 11.5 Å². The highest BCUT2D eigenvalue weighted by Gasteiger charge is 2.24. The maximum atomic E-state index is 14.2. The number of carbonyl (C=O) groups excluding carboxylic acids is 1. The molecule has 0 aliphatic carbocycles. The van der Waals surface area contributed by atoms with Crippen molar-refractivity contribution in [2.45, 2.75) is 33.6 Å². The van der Waals surface area contributed by atoms with E-state index in [1.807, 2.05) is 13.8 Å². The first-order valence-electron chi connectivity index (χ1n) is 8.11. The molecule has 0 spiro atoms. The Morgan fingerprint density at radius 3 is 2.54 bits per heavy atom. The number of nitrogens with two attached hydrogens (primary N) is 2. The molecule has 2 heterocycles.